The smallest absolute Gasteiger partial charge is 0.131 e. The zero-order valence-corrected chi connectivity index (χ0v) is 6.85. The Hall–Kier alpha value is -1.25. The number of nitrogens with zero attached hydrogens (tertiary/aromatic N) is 3. The van der Waals surface area contributed by atoms with Gasteiger partial charge in [-0.05, 0) is 25.1 Å². The van der Waals surface area contributed by atoms with E-state index < -0.39 is 0 Å². The molecule has 12 heavy (non-hydrogen) atoms. The molecule has 1 aliphatic heterocycles. The molecule has 0 fully saturated rings. The molecular weight excluding hydrogens is 150 g/mol. The van der Waals surface area contributed by atoms with Gasteiger partial charge in [0.2, 0.25) is 0 Å². The van der Waals surface area contributed by atoms with Gasteiger partial charge in [0.1, 0.15) is 5.82 Å². The Morgan fingerprint density at radius 2 is 2.08 bits per heavy atom. The maximum absolute atomic E-state index is 4.23. The predicted molar refractivity (Wildman–Crippen MR) is 47.4 cm³/mol. The summed E-state index contributed by atoms with van der Waals surface area (Å²) in [5, 5.41) is 0. The summed E-state index contributed by atoms with van der Waals surface area (Å²) in [4.78, 5) is 12.6. The molecule has 3 nitrogen and oxygen atoms in total. The summed E-state index contributed by atoms with van der Waals surface area (Å²) in [5.74, 6) is 1.45. The van der Waals surface area contributed by atoms with E-state index in [0.29, 0.717) is 5.92 Å². The van der Waals surface area contributed by atoms with E-state index in [-0.39, 0.29) is 0 Å². The first-order valence-electron chi connectivity index (χ1n) is 4.22. The quantitative estimate of drug-likeness (QED) is 0.624. The first kappa shape index (κ1) is 7.40. The van der Waals surface area contributed by atoms with Gasteiger partial charge in [-0.1, -0.05) is 0 Å². The molecule has 3 heteroatoms. The second kappa shape index (κ2) is 3.43. The second-order valence-corrected chi connectivity index (χ2v) is 2.92. The van der Waals surface area contributed by atoms with Gasteiger partial charge in [0, 0.05) is 24.9 Å². The summed E-state index contributed by atoms with van der Waals surface area (Å²) in [5.41, 5.74) is 0. The van der Waals surface area contributed by atoms with Crippen LogP contribution in [0.5, 0.6) is 0 Å². The maximum Gasteiger partial charge on any atom is 0.131 e. The molecule has 1 aliphatic rings. The molecule has 2 heterocycles. The van der Waals surface area contributed by atoms with Gasteiger partial charge in [0.15, 0.2) is 0 Å². The lowest BCUT2D eigenvalue weighted by molar-refractivity contribution is 0.601. The average Bonchev–Trinajstić information content (AvgIpc) is 2.21. The van der Waals surface area contributed by atoms with Crippen molar-refractivity contribution in [3.05, 3.63) is 24.3 Å². The van der Waals surface area contributed by atoms with E-state index in [4.69, 9.17) is 0 Å². The zero-order chi connectivity index (χ0) is 8.23. The van der Waals surface area contributed by atoms with E-state index in [1.807, 2.05) is 12.3 Å². The van der Waals surface area contributed by atoms with E-state index in [1.165, 1.54) is 0 Å². The summed E-state index contributed by atoms with van der Waals surface area (Å²) in [6.45, 7) is 0.920. The van der Waals surface area contributed by atoms with E-state index >= 15 is 0 Å². The third kappa shape index (κ3) is 1.49. The van der Waals surface area contributed by atoms with Crippen molar-refractivity contribution >= 4 is 6.21 Å². The highest BCUT2D eigenvalue weighted by Crippen LogP contribution is 2.20. The minimum Gasteiger partial charge on any atom is -0.297 e. The highest BCUT2D eigenvalue weighted by atomic mass is 14.9. The molecule has 0 N–H and O–H groups in total. The average molecular weight is 161 g/mol. The Morgan fingerprint density at radius 3 is 2.75 bits per heavy atom. The lowest BCUT2D eigenvalue weighted by Crippen LogP contribution is -2.09. The van der Waals surface area contributed by atoms with Crippen LogP contribution in [0.15, 0.2) is 23.5 Å². The lowest BCUT2D eigenvalue weighted by atomic mass is 9.99. The molecule has 1 atom stereocenters. The van der Waals surface area contributed by atoms with Crippen LogP contribution >= 0.6 is 0 Å². The molecule has 62 valence electrons. The van der Waals surface area contributed by atoms with Crippen LogP contribution in [0, 0.1) is 0 Å². The Labute approximate surface area is 71.6 Å². The molecule has 0 spiro atoms. The van der Waals surface area contributed by atoms with Crippen molar-refractivity contribution < 1.29 is 0 Å². The van der Waals surface area contributed by atoms with Crippen molar-refractivity contribution in [1.82, 2.24) is 9.97 Å². The largest absolute Gasteiger partial charge is 0.297 e. The van der Waals surface area contributed by atoms with Crippen molar-refractivity contribution in [2.75, 3.05) is 6.54 Å². The van der Waals surface area contributed by atoms with Gasteiger partial charge in [0.25, 0.3) is 0 Å². The van der Waals surface area contributed by atoms with E-state index in [1.54, 1.807) is 12.4 Å². The fraction of sp³-hybridized carbons (Fsp3) is 0.444. The Bertz CT molecular complexity index is 268. The van der Waals surface area contributed by atoms with E-state index in [9.17, 15) is 0 Å². The van der Waals surface area contributed by atoms with Crippen LogP contribution in [0.1, 0.15) is 24.6 Å². The molecule has 1 aromatic heterocycles. The molecule has 0 bridgehead atoms. The minimum absolute atomic E-state index is 0.490. The SMILES string of the molecule is C1=NCCC(c2ncccn2)C1. The molecule has 1 unspecified atom stereocenters. The molecule has 0 aliphatic carbocycles. The first-order chi connectivity index (χ1) is 5.97. The Balaban J connectivity index is 2.15. The number of aliphatic imine (C=N–C) groups is 1. The van der Waals surface area contributed by atoms with Gasteiger partial charge in [-0.2, -0.15) is 0 Å². The zero-order valence-electron chi connectivity index (χ0n) is 6.85. The molecular formula is C9H11N3. The van der Waals surface area contributed by atoms with Crippen LogP contribution in [0.4, 0.5) is 0 Å². The van der Waals surface area contributed by atoms with E-state index in [2.05, 4.69) is 15.0 Å². The molecule has 0 aromatic carbocycles. The fourth-order valence-electron chi connectivity index (χ4n) is 1.40. The van der Waals surface area contributed by atoms with Gasteiger partial charge in [-0.15, -0.1) is 0 Å². The van der Waals surface area contributed by atoms with Gasteiger partial charge in [-0.3, -0.25) is 4.99 Å². The predicted octanol–water partition coefficient (Wildman–Crippen LogP) is 1.42. The molecule has 0 radical (unpaired) electrons. The number of rotatable bonds is 1. The molecule has 2 rings (SSSR count). The molecule has 0 saturated carbocycles. The monoisotopic (exact) mass is 161 g/mol. The second-order valence-electron chi connectivity index (χ2n) is 2.92. The van der Waals surface area contributed by atoms with Crippen LogP contribution < -0.4 is 0 Å². The topological polar surface area (TPSA) is 38.1 Å². The number of aromatic nitrogens is 2. The summed E-state index contributed by atoms with van der Waals surface area (Å²) in [6, 6.07) is 1.85. The minimum atomic E-state index is 0.490. The molecule has 0 amide bonds. The summed E-state index contributed by atoms with van der Waals surface area (Å²) >= 11 is 0. The van der Waals surface area contributed by atoms with Crippen molar-refractivity contribution in [1.29, 1.82) is 0 Å². The maximum atomic E-state index is 4.23. The Morgan fingerprint density at radius 1 is 1.25 bits per heavy atom. The highest BCUT2D eigenvalue weighted by molar-refractivity contribution is 5.59. The first-order valence-corrected chi connectivity index (χ1v) is 4.22. The van der Waals surface area contributed by atoms with Crippen LogP contribution in [0.2, 0.25) is 0 Å². The molecule has 0 saturated heterocycles. The van der Waals surface area contributed by atoms with Crippen LogP contribution in [0.25, 0.3) is 0 Å². The Kier molecular flexibility index (Phi) is 2.12. The lowest BCUT2D eigenvalue weighted by Gasteiger charge is -2.14. The summed E-state index contributed by atoms with van der Waals surface area (Å²) < 4.78 is 0. The van der Waals surface area contributed by atoms with Crippen molar-refractivity contribution in [3.8, 4) is 0 Å². The number of hydrogen-bond donors (Lipinski definition) is 0. The molecule has 1 aromatic rings. The standard InChI is InChI=1S/C9H11N3/c1-4-11-9(12-5-1)8-2-6-10-7-3-8/h1,4-6,8H,2-3,7H2. The third-order valence-electron chi connectivity index (χ3n) is 2.08. The fourth-order valence-corrected chi connectivity index (χ4v) is 1.40. The van der Waals surface area contributed by atoms with Gasteiger partial charge in [-0.25, -0.2) is 9.97 Å². The van der Waals surface area contributed by atoms with Crippen molar-refractivity contribution in [2.45, 2.75) is 18.8 Å². The van der Waals surface area contributed by atoms with Crippen LogP contribution in [0.3, 0.4) is 0 Å². The van der Waals surface area contributed by atoms with Crippen LogP contribution in [-0.2, 0) is 0 Å². The van der Waals surface area contributed by atoms with Crippen molar-refractivity contribution in [3.63, 3.8) is 0 Å². The normalized spacial score (nSPS) is 22.5. The number of hydrogen-bond acceptors (Lipinski definition) is 3. The van der Waals surface area contributed by atoms with Gasteiger partial charge in [0.05, 0.1) is 0 Å². The van der Waals surface area contributed by atoms with Gasteiger partial charge < -0.3 is 0 Å². The summed E-state index contributed by atoms with van der Waals surface area (Å²) in [7, 11) is 0. The highest BCUT2D eigenvalue weighted by Gasteiger charge is 2.14. The third-order valence-corrected chi connectivity index (χ3v) is 2.08. The van der Waals surface area contributed by atoms with Gasteiger partial charge >= 0.3 is 0 Å². The van der Waals surface area contributed by atoms with Crippen molar-refractivity contribution in [2.24, 2.45) is 4.99 Å². The van der Waals surface area contributed by atoms with E-state index in [0.717, 1.165) is 25.2 Å². The van der Waals surface area contributed by atoms with Crippen LogP contribution in [-0.4, -0.2) is 22.7 Å². The summed E-state index contributed by atoms with van der Waals surface area (Å²) in [6.07, 6.45) is 7.65.